The number of methoxy groups -OCH3 is 2. The lowest BCUT2D eigenvalue weighted by molar-refractivity contribution is -0.137. The summed E-state index contributed by atoms with van der Waals surface area (Å²) in [5.74, 6) is -0.328. The van der Waals surface area contributed by atoms with Crippen LogP contribution in [0.2, 0.25) is 0 Å². The summed E-state index contributed by atoms with van der Waals surface area (Å²) in [4.78, 5) is 24.2. The highest BCUT2D eigenvalue weighted by atomic mass is 16.5. The molecular weight excluding hydrogens is 306 g/mol. The molecule has 0 radical (unpaired) electrons. The third kappa shape index (κ3) is 4.71. The summed E-state index contributed by atoms with van der Waals surface area (Å²) in [6.07, 6.45) is 1.70. The maximum Gasteiger partial charge on any atom is 0.354 e. The molecule has 0 aliphatic heterocycles. The second kappa shape index (κ2) is 8.53. The van der Waals surface area contributed by atoms with Gasteiger partial charge in [-0.3, -0.25) is 4.79 Å². The normalized spacial score (nSPS) is 10.8. The van der Waals surface area contributed by atoms with Crippen molar-refractivity contribution in [3.63, 3.8) is 0 Å². The summed E-state index contributed by atoms with van der Waals surface area (Å²) in [6.45, 7) is 0. The number of ether oxygens (including phenoxy) is 2. The predicted molar refractivity (Wildman–Crippen MR) is 91.3 cm³/mol. The van der Waals surface area contributed by atoms with Crippen LogP contribution in [0.4, 0.5) is 0 Å². The third-order valence-corrected chi connectivity index (χ3v) is 3.33. The van der Waals surface area contributed by atoms with E-state index in [1.165, 1.54) is 13.2 Å². The van der Waals surface area contributed by atoms with E-state index in [2.05, 4.69) is 5.32 Å². The van der Waals surface area contributed by atoms with E-state index >= 15 is 0 Å². The molecule has 124 valence electrons. The van der Waals surface area contributed by atoms with Crippen molar-refractivity contribution >= 4 is 18.0 Å². The van der Waals surface area contributed by atoms with Crippen molar-refractivity contribution in [2.45, 2.75) is 6.42 Å². The van der Waals surface area contributed by atoms with Gasteiger partial charge in [-0.15, -0.1) is 0 Å². The topological polar surface area (TPSA) is 64.6 Å². The zero-order valence-electron chi connectivity index (χ0n) is 13.6. The molecule has 0 saturated heterocycles. The van der Waals surface area contributed by atoms with Gasteiger partial charge in [0.2, 0.25) is 5.91 Å². The van der Waals surface area contributed by atoms with Crippen molar-refractivity contribution in [3.8, 4) is 5.75 Å². The van der Waals surface area contributed by atoms with Crippen molar-refractivity contribution in [3.05, 3.63) is 71.4 Å². The summed E-state index contributed by atoms with van der Waals surface area (Å²) >= 11 is 0. The van der Waals surface area contributed by atoms with Gasteiger partial charge in [-0.05, 0) is 17.7 Å². The fourth-order valence-corrected chi connectivity index (χ4v) is 2.17. The van der Waals surface area contributed by atoms with Crippen LogP contribution in [0.1, 0.15) is 11.1 Å². The molecule has 0 unspecified atom stereocenters. The summed E-state index contributed by atoms with van der Waals surface area (Å²) in [6, 6.07) is 16.5. The third-order valence-electron chi connectivity index (χ3n) is 3.33. The highest BCUT2D eigenvalue weighted by Gasteiger charge is 2.15. The number of rotatable bonds is 6. The van der Waals surface area contributed by atoms with E-state index in [1.807, 2.05) is 42.5 Å². The second-order valence-corrected chi connectivity index (χ2v) is 5.00. The molecule has 0 saturated carbocycles. The number of carbonyl (C=O) groups excluding carboxylic acids is 2. The highest BCUT2D eigenvalue weighted by molar-refractivity contribution is 5.98. The average Bonchev–Trinajstić information content (AvgIpc) is 2.61. The number of hydrogen-bond donors (Lipinski definition) is 1. The molecule has 0 spiro atoms. The summed E-state index contributed by atoms with van der Waals surface area (Å²) < 4.78 is 10.00. The minimum absolute atomic E-state index is 0.0583. The van der Waals surface area contributed by atoms with Crippen LogP contribution in [-0.2, 0) is 20.7 Å². The van der Waals surface area contributed by atoms with Gasteiger partial charge in [0.1, 0.15) is 11.4 Å². The SMILES string of the molecule is COC(=O)C(=Cc1ccccc1OC)NC(=O)Cc1ccccc1. The van der Waals surface area contributed by atoms with Gasteiger partial charge < -0.3 is 14.8 Å². The monoisotopic (exact) mass is 325 g/mol. The maximum atomic E-state index is 12.2. The summed E-state index contributed by atoms with van der Waals surface area (Å²) in [5, 5.41) is 2.61. The van der Waals surface area contributed by atoms with E-state index in [0.29, 0.717) is 11.3 Å². The molecular formula is C19H19NO4. The van der Waals surface area contributed by atoms with E-state index in [9.17, 15) is 9.59 Å². The Bertz CT molecular complexity index is 738. The Balaban J connectivity index is 2.21. The Labute approximate surface area is 140 Å². The van der Waals surface area contributed by atoms with Gasteiger partial charge in [-0.25, -0.2) is 4.79 Å². The van der Waals surface area contributed by atoms with Crippen LogP contribution in [-0.4, -0.2) is 26.1 Å². The lowest BCUT2D eigenvalue weighted by Gasteiger charge is -2.10. The highest BCUT2D eigenvalue weighted by Crippen LogP contribution is 2.20. The first-order valence-corrected chi connectivity index (χ1v) is 7.41. The van der Waals surface area contributed by atoms with E-state index in [-0.39, 0.29) is 18.0 Å². The van der Waals surface area contributed by atoms with Gasteiger partial charge in [0.05, 0.1) is 20.6 Å². The molecule has 0 heterocycles. The van der Waals surface area contributed by atoms with Gasteiger partial charge in [0.25, 0.3) is 0 Å². The Morgan fingerprint density at radius 1 is 1.00 bits per heavy atom. The van der Waals surface area contributed by atoms with Gasteiger partial charge in [-0.1, -0.05) is 48.5 Å². The molecule has 0 aromatic heterocycles. The van der Waals surface area contributed by atoms with Crippen LogP contribution in [0.3, 0.4) is 0 Å². The molecule has 0 aliphatic rings. The smallest absolute Gasteiger partial charge is 0.354 e. The zero-order valence-corrected chi connectivity index (χ0v) is 13.6. The number of hydrogen-bond acceptors (Lipinski definition) is 4. The minimum atomic E-state index is -0.623. The maximum absolute atomic E-state index is 12.2. The van der Waals surface area contributed by atoms with E-state index in [4.69, 9.17) is 9.47 Å². The first-order valence-electron chi connectivity index (χ1n) is 7.41. The van der Waals surface area contributed by atoms with Crippen LogP contribution in [0, 0.1) is 0 Å². The number of esters is 1. The van der Waals surface area contributed by atoms with E-state index in [1.54, 1.807) is 19.2 Å². The molecule has 24 heavy (non-hydrogen) atoms. The number of carbonyl (C=O) groups is 2. The quantitative estimate of drug-likeness (QED) is 0.655. The minimum Gasteiger partial charge on any atom is -0.496 e. The van der Waals surface area contributed by atoms with Crippen LogP contribution in [0.15, 0.2) is 60.3 Å². The number of nitrogens with one attached hydrogen (secondary N) is 1. The molecule has 2 rings (SSSR count). The molecule has 2 aromatic rings. The summed E-state index contributed by atoms with van der Waals surface area (Å²) in [7, 11) is 2.81. The molecule has 0 aliphatic carbocycles. The van der Waals surface area contributed by atoms with Crippen LogP contribution in [0.25, 0.3) is 6.08 Å². The Hall–Kier alpha value is -3.08. The average molecular weight is 325 g/mol. The van der Waals surface area contributed by atoms with Crippen molar-refractivity contribution in [1.29, 1.82) is 0 Å². The van der Waals surface area contributed by atoms with Gasteiger partial charge in [0.15, 0.2) is 0 Å². The first kappa shape index (κ1) is 17.3. The Morgan fingerprint density at radius 2 is 1.67 bits per heavy atom. The molecule has 0 atom stereocenters. The van der Waals surface area contributed by atoms with E-state index in [0.717, 1.165) is 5.56 Å². The molecule has 0 fully saturated rings. The van der Waals surface area contributed by atoms with Gasteiger partial charge in [0, 0.05) is 5.56 Å². The summed E-state index contributed by atoms with van der Waals surface area (Å²) in [5.41, 5.74) is 1.58. The second-order valence-electron chi connectivity index (χ2n) is 5.00. The molecule has 5 heteroatoms. The van der Waals surface area contributed by atoms with Crippen molar-refractivity contribution < 1.29 is 19.1 Å². The molecule has 1 amide bonds. The molecule has 5 nitrogen and oxygen atoms in total. The fraction of sp³-hybridized carbons (Fsp3) is 0.158. The van der Waals surface area contributed by atoms with Crippen LogP contribution in [0.5, 0.6) is 5.75 Å². The number of benzene rings is 2. The first-order chi connectivity index (χ1) is 11.6. The molecule has 2 aromatic carbocycles. The standard InChI is InChI=1S/C19H19NO4/c1-23-17-11-7-6-10-15(17)13-16(19(22)24-2)20-18(21)12-14-8-4-3-5-9-14/h3-11,13H,12H2,1-2H3,(H,20,21). The van der Waals surface area contributed by atoms with Crippen LogP contribution < -0.4 is 10.1 Å². The fourth-order valence-electron chi connectivity index (χ4n) is 2.17. The van der Waals surface area contributed by atoms with E-state index < -0.39 is 5.97 Å². The number of para-hydroxylation sites is 1. The van der Waals surface area contributed by atoms with Gasteiger partial charge >= 0.3 is 5.97 Å². The predicted octanol–water partition coefficient (Wildman–Crippen LogP) is 2.57. The lowest BCUT2D eigenvalue weighted by atomic mass is 10.1. The lowest BCUT2D eigenvalue weighted by Crippen LogP contribution is -2.29. The number of amides is 1. The van der Waals surface area contributed by atoms with Gasteiger partial charge in [-0.2, -0.15) is 0 Å². The van der Waals surface area contributed by atoms with Crippen molar-refractivity contribution in [2.75, 3.05) is 14.2 Å². The molecule has 1 N–H and O–H groups in total. The Kier molecular flexibility index (Phi) is 6.14. The Morgan fingerprint density at radius 3 is 2.33 bits per heavy atom. The van der Waals surface area contributed by atoms with Crippen molar-refractivity contribution in [2.24, 2.45) is 0 Å². The van der Waals surface area contributed by atoms with Crippen LogP contribution >= 0.6 is 0 Å². The van der Waals surface area contributed by atoms with Crippen molar-refractivity contribution in [1.82, 2.24) is 5.32 Å². The molecule has 0 bridgehead atoms. The largest absolute Gasteiger partial charge is 0.496 e. The zero-order chi connectivity index (χ0) is 17.4.